The number of rotatable bonds is 5. The number of carbonyl (C=O) groups excluding carboxylic acids is 1. The predicted octanol–water partition coefficient (Wildman–Crippen LogP) is 5.10. The number of nitrogens with one attached hydrogen (secondary N) is 1. The Bertz CT molecular complexity index is 1600. The maximum atomic E-state index is 13.6. The Labute approximate surface area is 217 Å². The van der Waals surface area contributed by atoms with E-state index in [0.29, 0.717) is 45.8 Å². The second kappa shape index (κ2) is 9.33. The molecule has 2 aromatic heterocycles. The lowest BCUT2D eigenvalue weighted by molar-refractivity contribution is 0.102. The number of nitrogens with zero attached hydrogens (tertiary/aromatic N) is 3. The molecule has 36 heavy (non-hydrogen) atoms. The van der Waals surface area contributed by atoms with Gasteiger partial charge >= 0.3 is 0 Å². The monoisotopic (exact) mass is 568 g/mol. The van der Waals surface area contributed by atoms with E-state index in [-0.39, 0.29) is 23.5 Å². The topological polar surface area (TPSA) is 103 Å². The van der Waals surface area contributed by atoms with Gasteiger partial charge in [0, 0.05) is 15.7 Å². The summed E-state index contributed by atoms with van der Waals surface area (Å²) in [5.41, 5.74) is 4.56. The molecule has 1 amide bonds. The van der Waals surface area contributed by atoms with Gasteiger partial charge in [-0.2, -0.15) is 5.10 Å². The largest absolute Gasteiger partial charge is 0.497 e. The molecule has 1 aliphatic rings. The number of hydrogen-bond donors (Lipinski definition) is 1. The first-order valence-electron chi connectivity index (χ1n) is 11.5. The van der Waals surface area contributed by atoms with Gasteiger partial charge in [-0.05, 0) is 74.4 Å². The van der Waals surface area contributed by atoms with E-state index in [2.05, 4.69) is 26.3 Å². The molecule has 8 nitrogen and oxygen atoms in total. The molecule has 2 aromatic carbocycles. The Hall–Kier alpha value is -3.24. The van der Waals surface area contributed by atoms with Crippen LogP contribution >= 0.6 is 15.9 Å². The molecule has 5 rings (SSSR count). The molecule has 0 aliphatic carbocycles. The third kappa shape index (κ3) is 4.62. The molecule has 4 aromatic rings. The Kier molecular flexibility index (Phi) is 6.34. The van der Waals surface area contributed by atoms with Crippen LogP contribution in [0.3, 0.4) is 0 Å². The zero-order chi connectivity index (χ0) is 25.6. The molecule has 186 valence electrons. The first-order chi connectivity index (χ1) is 17.1. The van der Waals surface area contributed by atoms with E-state index < -0.39 is 9.84 Å². The summed E-state index contributed by atoms with van der Waals surface area (Å²) < 4.78 is 32.3. The molecule has 0 bridgehead atoms. The van der Waals surface area contributed by atoms with Crippen LogP contribution < -0.4 is 10.1 Å². The lowest BCUT2D eigenvalue weighted by Gasteiger charge is -2.13. The van der Waals surface area contributed by atoms with Crippen LogP contribution in [0.25, 0.3) is 22.3 Å². The highest BCUT2D eigenvalue weighted by Gasteiger charge is 2.32. The standard InChI is InChI=1S/C26H25BrN4O4S/c1-15-12-18(27)6-9-22(15)29-26(32)21-13-23(17-4-7-20(35-3)8-5-17)28-25-24(21)16(2)30-31(25)19-10-11-36(33,34)14-19/h4-9,12-13,19H,10-11,14H2,1-3H3,(H,29,32). The second-order valence-electron chi connectivity index (χ2n) is 8.98. The Balaban J connectivity index is 1.67. The minimum absolute atomic E-state index is 0.0112. The molecular formula is C26H25BrN4O4S. The van der Waals surface area contributed by atoms with Crippen LogP contribution in [0.15, 0.2) is 53.0 Å². The van der Waals surface area contributed by atoms with Crippen molar-refractivity contribution in [1.82, 2.24) is 14.8 Å². The molecule has 0 saturated carbocycles. The molecule has 0 spiro atoms. The second-order valence-corrected chi connectivity index (χ2v) is 12.1. The van der Waals surface area contributed by atoms with E-state index in [1.807, 2.05) is 56.3 Å². The van der Waals surface area contributed by atoms with Crippen molar-refractivity contribution in [3.8, 4) is 17.0 Å². The predicted molar refractivity (Wildman–Crippen MR) is 143 cm³/mol. The Morgan fingerprint density at radius 3 is 2.53 bits per heavy atom. The van der Waals surface area contributed by atoms with Gasteiger partial charge in [0.2, 0.25) is 0 Å². The van der Waals surface area contributed by atoms with Crippen LogP contribution in [0.2, 0.25) is 0 Å². The van der Waals surface area contributed by atoms with Crippen LogP contribution in [0, 0.1) is 13.8 Å². The average molecular weight is 569 g/mol. The minimum atomic E-state index is -3.13. The van der Waals surface area contributed by atoms with E-state index in [9.17, 15) is 13.2 Å². The molecule has 1 unspecified atom stereocenters. The normalized spacial score (nSPS) is 16.8. The highest BCUT2D eigenvalue weighted by atomic mass is 79.9. The van der Waals surface area contributed by atoms with Crippen molar-refractivity contribution >= 4 is 48.4 Å². The van der Waals surface area contributed by atoms with E-state index in [1.54, 1.807) is 17.9 Å². The van der Waals surface area contributed by atoms with Crippen LogP contribution in [0.4, 0.5) is 5.69 Å². The molecule has 1 N–H and O–H groups in total. The van der Waals surface area contributed by atoms with Crippen molar-refractivity contribution in [3.63, 3.8) is 0 Å². The molecular weight excluding hydrogens is 544 g/mol. The van der Waals surface area contributed by atoms with Crippen molar-refractivity contribution in [2.75, 3.05) is 23.9 Å². The van der Waals surface area contributed by atoms with Gasteiger partial charge < -0.3 is 10.1 Å². The third-order valence-electron chi connectivity index (χ3n) is 6.46. The highest BCUT2D eigenvalue weighted by molar-refractivity contribution is 9.10. The number of amides is 1. The van der Waals surface area contributed by atoms with Gasteiger partial charge in [-0.15, -0.1) is 0 Å². The number of benzene rings is 2. The fraction of sp³-hybridized carbons (Fsp3) is 0.269. The third-order valence-corrected chi connectivity index (χ3v) is 8.70. The maximum Gasteiger partial charge on any atom is 0.256 e. The SMILES string of the molecule is COc1ccc(-c2cc(C(=O)Nc3ccc(Br)cc3C)c3c(C)nn(C4CCS(=O)(=O)C4)c3n2)cc1. The number of hydrogen-bond acceptors (Lipinski definition) is 6. The first-order valence-corrected chi connectivity index (χ1v) is 14.1. The van der Waals surface area contributed by atoms with Crippen LogP contribution in [-0.2, 0) is 9.84 Å². The van der Waals surface area contributed by atoms with Crippen LogP contribution in [0.1, 0.15) is 34.1 Å². The summed E-state index contributed by atoms with van der Waals surface area (Å²) in [4.78, 5) is 18.5. The lowest BCUT2D eigenvalue weighted by atomic mass is 10.0. The number of pyridine rings is 1. The van der Waals surface area contributed by atoms with Crippen molar-refractivity contribution in [1.29, 1.82) is 0 Å². The van der Waals surface area contributed by atoms with Gasteiger partial charge in [0.1, 0.15) is 5.75 Å². The molecule has 3 heterocycles. The van der Waals surface area contributed by atoms with Crippen molar-refractivity contribution < 1.29 is 17.9 Å². The summed E-state index contributed by atoms with van der Waals surface area (Å²) >= 11 is 3.45. The van der Waals surface area contributed by atoms with E-state index in [0.717, 1.165) is 15.6 Å². The summed E-state index contributed by atoms with van der Waals surface area (Å²) in [6.07, 6.45) is 0.465. The number of halogens is 1. The molecule has 1 fully saturated rings. The van der Waals surface area contributed by atoms with Crippen molar-refractivity contribution in [2.24, 2.45) is 0 Å². The van der Waals surface area contributed by atoms with Gasteiger partial charge in [0.05, 0.1) is 47.0 Å². The summed E-state index contributed by atoms with van der Waals surface area (Å²) in [5, 5.41) is 8.30. The first kappa shape index (κ1) is 24.5. The van der Waals surface area contributed by atoms with Gasteiger partial charge in [0.15, 0.2) is 15.5 Å². The molecule has 0 radical (unpaired) electrons. The fourth-order valence-corrected chi connectivity index (χ4v) is 6.75. The van der Waals surface area contributed by atoms with Gasteiger partial charge in [0.25, 0.3) is 5.91 Å². The Morgan fingerprint density at radius 1 is 1.14 bits per heavy atom. The summed E-state index contributed by atoms with van der Waals surface area (Å²) in [6, 6.07) is 14.5. The van der Waals surface area contributed by atoms with E-state index in [1.165, 1.54) is 0 Å². The Morgan fingerprint density at radius 2 is 1.89 bits per heavy atom. The number of aryl methyl sites for hydroxylation is 2. The maximum absolute atomic E-state index is 13.6. The molecule has 1 saturated heterocycles. The number of aromatic nitrogens is 3. The van der Waals surface area contributed by atoms with Gasteiger partial charge in [-0.25, -0.2) is 18.1 Å². The molecule has 1 atom stereocenters. The van der Waals surface area contributed by atoms with Crippen molar-refractivity contribution in [3.05, 3.63) is 69.8 Å². The van der Waals surface area contributed by atoms with E-state index >= 15 is 0 Å². The number of anilines is 1. The number of methoxy groups -OCH3 is 1. The van der Waals surface area contributed by atoms with Gasteiger partial charge in [-0.3, -0.25) is 4.79 Å². The quantitative estimate of drug-likeness (QED) is 0.359. The number of carbonyl (C=O) groups is 1. The minimum Gasteiger partial charge on any atom is -0.497 e. The zero-order valence-electron chi connectivity index (χ0n) is 20.1. The number of ether oxygens (including phenoxy) is 1. The average Bonchev–Trinajstić information content (AvgIpc) is 3.38. The molecule has 10 heteroatoms. The number of fused-ring (bicyclic) bond motifs is 1. The summed E-state index contributed by atoms with van der Waals surface area (Å²) in [5.74, 6) is 0.550. The summed E-state index contributed by atoms with van der Waals surface area (Å²) in [6.45, 7) is 3.74. The van der Waals surface area contributed by atoms with Crippen LogP contribution in [0.5, 0.6) is 5.75 Å². The smallest absolute Gasteiger partial charge is 0.256 e. The van der Waals surface area contributed by atoms with Gasteiger partial charge in [-0.1, -0.05) is 15.9 Å². The van der Waals surface area contributed by atoms with Crippen LogP contribution in [-0.4, -0.2) is 47.7 Å². The molecule has 1 aliphatic heterocycles. The summed E-state index contributed by atoms with van der Waals surface area (Å²) in [7, 11) is -1.53. The zero-order valence-corrected chi connectivity index (χ0v) is 22.5. The number of sulfone groups is 1. The van der Waals surface area contributed by atoms with E-state index in [4.69, 9.17) is 9.72 Å². The fourth-order valence-electron chi connectivity index (χ4n) is 4.58. The lowest BCUT2D eigenvalue weighted by Crippen LogP contribution is -2.15. The highest BCUT2D eigenvalue weighted by Crippen LogP contribution is 2.33. The van der Waals surface area contributed by atoms with Crippen molar-refractivity contribution in [2.45, 2.75) is 26.3 Å².